The minimum absolute atomic E-state index is 0.106. The summed E-state index contributed by atoms with van der Waals surface area (Å²) in [5.74, 6) is 0.754. The molecular formula is C29H30Cl2N4O2. The number of amides is 2. The third-order valence-corrected chi connectivity index (χ3v) is 7.66. The molecule has 2 amide bonds. The predicted molar refractivity (Wildman–Crippen MR) is 151 cm³/mol. The Balaban J connectivity index is 1.27. The number of hydrogen-bond donors (Lipinski definition) is 3. The molecule has 3 aromatic rings. The number of nitrogens with zero attached hydrogens (tertiary/aromatic N) is 1. The fourth-order valence-corrected chi connectivity index (χ4v) is 5.91. The van der Waals surface area contributed by atoms with E-state index in [1.807, 2.05) is 49.4 Å². The lowest BCUT2D eigenvalue weighted by atomic mass is 9.82. The van der Waals surface area contributed by atoms with E-state index in [2.05, 4.69) is 15.6 Å². The van der Waals surface area contributed by atoms with Crippen molar-refractivity contribution in [1.29, 1.82) is 0 Å². The van der Waals surface area contributed by atoms with Gasteiger partial charge in [0.15, 0.2) is 0 Å². The van der Waals surface area contributed by atoms with Crippen LogP contribution in [0, 0.1) is 11.3 Å². The third-order valence-electron chi connectivity index (χ3n) is 7.20. The molecule has 8 heteroatoms. The highest BCUT2D eigenvalue weighted by Gasteiger charge is 2.34. The van der Waals surface area contributed by atoms with E-state index in [0.717, 1.165) is 48.0 Å². The number of aromatic amines is 1. The highest BCUT2D eigenvalue weighted by molar-refractivity contribution is 6.35. The van der Waals surface area contributed by atoms with E-state index < -0.39 is 5.41 Å². The summed E-state index contributed by atoms with van der Waals surface area (Å²) in [6.45, 7) is 1.82. The Labute approximate surface area is 226 Å². The van der Waals surface area contributed by atoms with Crippen LogP contribution in [0.2, 0.25) is 0 Å². The fraction of sp³-hybridized carbons (Fsp3) is 0.345. The molecule has 0 spiro atoms. The predicted octanol–water partition coefficient (Wildman–Crippen LogP) is 7.73. The largest absolute Gasteiger partial charge is 0.338 e. The molecule has 0 bridgehead atoms. The van der Waals surface area contributed by atoms with Crippen LogP contribution in [0.15, 0.2) is 64.7 Å². The average Bonchev–Trinajstić information content (AvgIpc) is 3.08. The number of nitrogens with one attached hydrogen (secondary N) is 3. The van der Waals surface area contributed by atoms with Crippen molar-refractivity contribution in [2.24, 2.45) is 11.3 Å². The molecule has 0 saturated heterocycles. The first-order chi connectivity index (χ1) is 17.8. The number of fused-ring (bicyclic) bond motifs is 1. The van der Waals surface area contributed by atoms with Crippen molar-refractivity contribution >= 4 is 57.4 Å². The van der Waals surface area contributed by atoms with E-state index >= 15 is 0 Å². The van der Waals surface area contributed by atoms with Crippen molar-refractivity contribution in [3.8, 4) is 11.4 Å². The van der Waals surface area contributed by atoms with Gasteiger partial charge in [-0.25, -0.2) is 4.98 Å². The fourth-order valence-electron chi connectivity index (χ4n) is 5.09. The summed E-state index contributed by atoms with van der Waals surface area (Å²) in [5.41, 5.74) is 3.12. The Morgan fingerprint density at radius 2 is 1.68 bits per heavy atom. The quantitative estimate of drug-likeness (QED) is 0.291. The highest BCUT2D eigenvalue weighted by atomic mass is 35.5. The summed E-state index contributed by atoms with van der Waals surface area (Å²) < 4.78 is 0. The van der Waals surface area contributed by atoms with E-state index in [0.29, 0.717) is 28.0 Å². The molecule has 1 saturated carbocycles. The molecule has 192 valence electrons. The van der Waals surface area contributed by atoms with Crippen molar-refractivity contribution < 1.29 is 9.59 Å². The summed E-state index contributed by atoms with van der Waals surface area (Å²) in [7, 11) is 0. The smallest absolute Gasteiger partial charge is 0.234 e. The zero-order valence-corrected chi connectivity index (χ0v) is 22.3. The number of imidazole rings is 1. The average molecular weight is 537 g/mol. The van der Waals surface area contributed by atoms with Crippen LogP contribution in [0.4, 0.5) is 11.4 Å². The number of halogens is 2. The van der Waals surface area contributed by atoms with Crippen molar-refractivity contribution in [3.63, 3.8) is 0 Å². The summed E-state index contributed by atoms with van der Waals surface area (Å²) in [6.07, 6.45) is 10.4. The SMILES string of the molecule is CC1(C(=O)Nc2ccc3nc(-c4ccc(NC(=O)C5CCCCCC5)cc4)[nH]c3c2)C=C(Cl)C=C(Cl)C1. The van der Waals surface area contributed by atoms with Gasteiger partial charge in [-0.3, -0.25) is 9.59 Å². The van der Waals surface area contributed by atoms with Gasteiger partial charge >= 0.3 is 0 Å². The lowest BCUT2D eigenvalue weighted by Gasteiger charge is -2.27. The maximum absolute atomic E-state index is 13.0. The van der Waals surface area contributed by atoms with Gasteiger partial charge in [0.2, 0.25) is 11.8 Å². The number of H-pyrrole nitrogens is 1. The van der Waals surface area contributed by atoms with Crippen molar-refractivity contribution in [2.45, 2.75) is 51.9 Å². The minimum Gasteiger partial charge on any atom is -0.338 e. The van der Waals surface area contributed by atoms with Crippen LogP contribution in [0.3, 0.4) is 0 Å². The van der Waals surface area contributed by atoms with Gasteiger partial charge in [0.05, 0.1) is 16.4 Å². The van der Waals surface area contributed by atoms with E-state index in [1.165, 1.54) is 12.8 Å². The number of anilines is 2. The number of carbonyl (C=O) groups is 2. The Kier molecular flexibility index (Phi) is 7.40. The Bertz CT molecular complexity index is 1380. The summed E-state index contributed by atoms with van der Waals surface area (Å²) in [6, 6.07) is 13.3. The van der Waals surface area contributed by atoms with Crippen molar-refractivity contribution in [3.05, 3.63) is 64.7 Å². The Morgan fingerprint density at radius 1 is 0.973 bits per heavy atom. The molecule has 2 aromatic carbocycles. The first-order valence-corrected chi connectivity index (χ1v) is 13.5. The molecule has 1 aromatic heterocycles. The van der Waals surface area contributed by atoms with Gasteiger partial charge in [-0.1, -0.05) is 55.0 Å². The number of rotatable bonds is 5. The highest BCUT2D eigenvalue weighted by Crippen LogP contribution is 2.38. The number of carbonyl (C=O) groups excluding carboxylic acids is 2. The van der Waals surface area contributed by atoms with Gasteiger partial charge in [0.1, 0.15) is 5.82 Å². The molecule has 1 unspecified atom stereocenters. The molecule has 2 aliphatic carbocycles. The number of hydrogen-bond acceptors (Lipinski definition) is 3. The van der Waals surface area contributed by atoms with Crippen LogP contribution in [-0.2, 0) is 9.59 Å². The van der Waals surface area contributed by atoms with Crippen molar-refractivity contribution in [1.82, 2.24) is 9.97 Å². The van der Waals surface area contributed by atoms with Crippen LogP contribution in [-0.4, -0.2) is 21.8 Å². The second kappa shape index (κ2) is 10.7. The molecular weight excluding hydrogens is 507 g/mol. The number of allylic oxidation sites excluding steroid dienone is 3. The summed E-state index contributed by atoms with van der Waals surface area (Å²) in [5, 5.41) is 7.05. The zero-order valence-electron chi connectivity index (χ0n) is 20.7. The molecule has 0 aliphatic heterocycles. The first-order valence-electron chi connectivity index (χ1n) is 12.8. The lowest BCUT2D eigenvalue weighted by Crippen LogP contribution is -2.33. The first kappa shape index (κ1) is 25.6. The van der Waals surface area contributed by atoms with E-state index in [9.17, 15) is 9.59 Å². The van der Waals surface area contributed by atoms with Gasteiger partial charge in [0.25, 0.3) is 0 Å². The molecule has 1 heterocycles. The normalized spacial score (nSPS) is 20.6. The van der Waals surface area contributed by atoms with E-state index in [-0.39, 0.29) is 17.7 Å². The van der Waals surface area contributed by atoms with Crippen molar-refractivity contribution in [2.75, 3.05) is 10.6 Å². The molecule has 1 atom stereocenters. The number of aromatic nitrogens is 2. The van der Waals surface area contributed by atoms with Crippen LogP contribution in [0.5, 0.6) is 0 Å². The Morgan fingerprint density at radius 3 is 2.38 bits per heavy atom. The molecule has 5 rings (SSSR count). The molecule has 3 N–H and O–H groups in total. The van der Waals surface area contributed by atoms with Gasteiger partial charge in [-0.05, 0) is 68.3 Å². The van der Waals surface area contributed by atoms with E-state index in [4.69, 9.17) is 28.2 Å². The second-order valence-corrected chi connectivity index (χ2v) is 11.2. The van der Waals surface area contributed by atoms with E-state index in [1.54, 1.807) is 12.2 Å². The van der Waals surface area contributed by atoms with Gasteiger partial charge < -0.3 is 15.6 Å². The topological polar surface area (TPSA) is 86.9 Å². The molecule has 1 fully saturated rings. The van der Waals surface area contributed by atoms with Gasteiger partial charge in [-0.2, -0.15) is 0 Å². The van der Waals surface area contributed by atoms with Crippen LogP contribution in [0.25, 0.3) is 22.4 Å². The minimum atomic E-state index is -0.829. The maximum atomic E-state index is 13.0. The molecule has 6 nitrogen and oxygen atoms in total. The third kappa shape index (κ3) is 5.91. The summed E-state index contributed by atoms with van der Waals surface area (Å²) in [4.78, 5) is 33.7. The molecule has 2 aliphatic rings. The second-order valence-electron chi connectivity index (χ2n) is 10.2. The zero-order chi connectivity index (χ0) is 26.0. The molecule has 0 radical (unpaired) electrons. The number of benzene rings is 2. The monoisotopic (exact) mass is 536 g/mol. The standard InChI is InChI=1S/C29H30Cl2N4O2/c1-29(16-20(30)14-21(31)17-29)28(37)33-23-12-13-24-25(15-23)35-26(34-24)18-8-10-22(11-9-18)32-27(36)19-6-4-2-3-5-7-19/h8-16,19H,2-7,17H2,1H3,(H,32,36)(H,33,37)(H,34,35). The maximum Gasteiger partial charge on any atom is 0.234 e. The molecule has 37 heavy (non-hydrogen) atoms. The van der Waals surface area contributed by atoms with Crippen LogP contribution >= 0.6 is 23.2 Å². The van der Waals surface area contributed by atoms with Gasteiger partial charge in [-0.15, -0.1) is 0 Å². The van der Waals surface area contributed by atoms with Crippen LogP contribution < -0.4 is 10.6 Å². The summed E-state index contributed by atoms with van der Waals surface area (Å²) >= 11 is 12.3. The van der Waals surface area contributed by atoms with Crippen LogP contribution in [0.1, 0.15) is 51.9 Å². The lowest BCUT2D eigenvalue weighted by molar-refractivity contribution is -0.122. The van der Waals surface area contributed by atoms with Gasteiger partial charge in [0, 0.05) is 39.3 Å². The Hall–Kier alpha value is -3.09.